The second-order valence-corrected chi connectivity index (χ2v) is 8.87. The van der Waals surface area contributed by atoms with Gasteiger partial charge < -0.3 is 9.88 Å². The normalized spacial score (nSPS) is 14.5. The van der Waals surface area contributed by atoms with Gasteiger partial charge in [-0.15, -0.1) is 0 Å². The molecule has 1 N–H and O–H groups in total. The molecule has 2 aromatic heterocycles. The van der Waals surface area contributed by atoms with Crippen LogP contribution in [0, 0.1) is 6.92 Å². The lowest BCUT2D eigenvalue weighted by Gasteiger charge is -2.31. The van der Waals surface area contributed by atoms with E-state index in [4.69, 9.17) is 0 Å². The van der Waals surface area contributed by atoms with Crippen LogP contribution in [-0.2, 0) is 14.1 Å². The molecule has 0 fully saturated rings. The molecule has 168 valence electrons. The first-order valence-electron chi connectivity index (χ1n) is 11.3. The summed E-state index contributed by atoms with van der Waals surface area (Å²) in [6.45, 7) is 2.04. The number of aromatic nitrogens is 3. The molecule has 5 aromatic rings. The van der Waals surface area contributed by atoms with Crippen molar-refractivity contribution in [3.63, 3.8) is 0 Å². The number of benzene rings is 3. The number of fused-ring (bicyclic) bond motifs is 5. The van der Waals surface area contributed by atoms with Crippen LogP contribution in [0.3, 0.4) is 0 Å². The minimum absolute atomic E-state index is 0.240. The number of anilines is 1. The van der Waals surface area contributed by atoms with E-state index in [-0.39, 0.29) is 17.3 Å². The Morgan fingerprint density at radius 3 is 2.21 bits per heavy atom. The molecule has 0 radical (unpaired) electrons. The van der Waals surface area contributed by atoms with Crippen LogP contribution in [0.1, 0.15) is 22.9 Å². The van der Waals surface area contributed by atoms with Crippen molar-refractivity contribution in [2.75, 3.05) is 5.32 Å². The first-order valence-corrected chi connectivity index (χ1v) is 11.3. The van der Waals surface area contributed by atoms with Crippen LogP contribution in [0.4, 0.5) is 5.69 Å². The van der Waals surface area contributed by atoms with Crippen molar-refractivity contribution in [3.8, 4) is 16.9 Å². The molecule has 0 spiro atoms. The second kappa shape index (κ2) is 7.35. The summed E-state index contributed by atoms with van der Waals surface area (Å²) in [5.41, 5.74) is 6.76. The minimum Gasteiger partial charge on any atom is -0.371 e. The van der Waals surface area contributed by atoms with Gasteiger partial charge in [-0.25, -0.2) is 4.79 Å². The Bertz CT molecular complexity index is 1690. The van der Waals surface area contributed by atoms with Crippen molar-refractivity contribution in [1.82, 2.24) is 13.7 Å². The number of hydrogen-bond donors (Lipinski definition) is 1. The van der Waals surface area contributed by atoms with Crippen molar-refractivity contribution >= 4 is 16.6 Å². The summed E-state index contributed by atoms with van der Waals surface area (Å²) in [4.78, 5) is 26.7. The highest BCUT2D eigenvalue weighted by atomic mass is 16.2. The Balaban J connectivity index is 1.87. The molecular formula is C28H24N4O2. The zero-order chi connectivity index (χ0) is 23.6. The molecule has 0 saturated heterocycles. The number of hydrogen-bond acceptors (Lipinski definition) is 3. The van der Waals surface area contributed by atoms with Crippen molar-refractivity contribution in [3.05, 3.63) is 117 Å². The Hall–Kier alpha value is -4.32. The number of para-hydroxylation sites is 2. The van der Waals surface area contributed by atoms with Crippen LogP contribution in [0.2, 0.25) is 0 Å². The summed E-state index contributed by atoms with van der Waals surface area (Å²) >= 11 is 0. The van der Waals surface area contributed by atoms with Crippen LogP contribution >= 0.6 is 0 Å². The fourth-order valence-electron chi connectivity index (χ4n) is 5.10. The van der Waals surface area contributed by atoms with Gasteiger partial charge in [0.15, 0.2) is 0 Å². The molecular weight excluding hydrogens is 424 g/mol. The van der Waals surface area contributed by atoms with Gasteiger partial charge in [-0.05, 0) is 30.2 Å². The molecule has 34 heavy (non-hydrogen) atoms. The van der Waals surface area contributed by atoms with E-state index in [1.54, 1.807) is 18.7 Å². The van der Waals surface area contributed by atoms with Crippen molar-refractivity contribution < 1.29 is 0 Å². The van der Waals surface area contributed by atoms with Crippen molar-refractivity contribution in [2.24, 2.45) is 14.1 Å². The Labute approximate surface area is 196 Å². The smallest absolute Gasteiger partial charge is 0.331 e. The molecule has 3 aromatic carbocycles. The molecule has 0 amide bonds. The molecule has 1 aliphatic heterocycles. The van der Waals surface area contributed by atoms with Gasteiger partial charge in [0, 0.05) is 14.1 Å². The summed E-state index contributed by atoms with van der Waals surface area (Å²) in [7, 11) is 3.28. The highest BCUT2D eigenvalue weighted by Crippen LogP contribution is 2.45. The zero-order valence-corrected chi connectivity index (χ0v) is 19.2. The lowest BCUT2D eigenvalue weighted by atomic mass is 9.99. The average molecular weight is 449 g/mol. The molecule has 6 rings (SSSR count). The van der Waals surface area contributed by atoms with E-state index >= 15 is 0 Å². The molecule has 3 heterocycles. The third kappa shape index (κ3) is 2.75. The zero-order valence-electron chi connectivity index (χ0n) is 19.2. The van der Waals surface area contributed by atoms with Gasteiger partial charge in [-0.1, -0.05) is 72.3 Å². The van der Waals surface area contributed by atoms with Gasteiger partial charge in [0.1, 0.15) is 0 Å². The lowest BCUT2D eigenvalue weighted by Crippen LogP contribution is -2.37. The highest BCUT2D eigenvalue weighted by Gasteiger charge is 2.34. The predicted octanol–water partition coefficient (Wildman–Crippen LogP) is 4.52. The van der Waals surface area contributed by atoms with Crippen LogP contribution in [0.15, 0.2) is 88.5 Å². The average Bonchev–Trinajstić information content (AvgIpc) is 3.23. The van der Waals surface area contributed by atoms with Crippen LogP contribution < -0.4 is 16.6 Å². The molecule has 0 bridgehead atoms. The largest absolute Gasteiger partial charge is 0.371 e. The molecule has 0 saturated carbocycles. The molecule has 6 nitrogen and oxygen atoms in total. The first-order chi connectivity index (χ1) is 16.5. The number of nitrogens with one attached hydrogen (secondary N) is 1. The monoisotopic (exact) mass is 448 g/mol. The molecule has 6 heteroatoms. The third-order valence-corrected chi connectivity index (χ3v) is 6.78. The third-order valence-electron chi connectivity index (χ3n) is 6.78. The standard InChI is InChI=1S/C28H24N4O2/c1-17-13-15-19(16-14-17)24-22-25(30(2)28(34)31(3)27(22)33)26-23(18-9-5-4-6-10-18)29-20-11-7-8-12-21(20)32(24)26/h4-16,23,29H,1-3H3. The van der Waals surface area contributed by atoms with Crippen molar-refractivity contribution in [2.45, 2.75) is 13.0 Å². The van der Waals surface area contributed by atoms with Gasteiger partial charge >= 0.3 is 5.69 Å². The summed E-state index contributed by atoms with van der Waals surface area (Å²) in [6, 6.07) is 26.2. The van der Waals surface area contributed by atoms with Gasteiger partial charge in [0.05, 0.1) is 39.7 Å². The van der Waals surface area contributed by atoms with E-state index in [1.807, 2.05) is 55.5 Å². The highest BCUT2D eigenvalue weighted by molar-refractivity contribution is 5.99. The summed E-state index contributed by atoms with van der Waals surface area (Å²) in [5.74, 6) is 0. The van der Waals surface area contributed by atoms with E-state index in [2.05, 4.69) is 40.2 Å². The Morgan fingerprint density at radius 2 is 1.47 bits per heavy atom. The summed E-state index contributed by atoms with van der Waals surface area (Å²) in [6.07, 6.45) is 0. The molecule has 1 atom stereocenters. The van der Waals surface area contributed by atoms with Gasteiger partial charge in [0.25, 0.3) is 5.56 Å². The maximum Gasteiger partial charge on any atom is 0.331 e. The topological polar surface area (TPSA) is 61.0 Å². The van der Waals surface area contributed by atoms with Crippen LogP contribution in [0.25, 0.3) is 27.8 Å². The van der Waals surface area contributed by atoms with E-state index < -0.39 is 0 Å². The first kappa shape index (κ1) is 20.3. The van der Waals surface area contributed by atoms with Crippen molar-refractivity contribution in [1.29, 1.82) is 0 Å². The summed E-state index contributed by atoms with van der Waals surface area (Å²) in [5, 5.41) is 4.22. The Kier molecular flexibility index (Phi) is 4.39. The predicted molar refractivity (Wildman–Crippen MR) is 136 cm³/mol. The molecule has 0 aliphatic carbocycles. The minimum atomic E-state index is -0.341. The molecule has 1 aliphatic rings. The SMILES string of the molecule is Cc1ccc(-c2c3c(=O)n(C)c(=O)n(C)c3c3n2-c2ccccc2NC3c2ccccc2)cc1. The number of nitrogens with zero attached hydrogens (tertiary/aromatic N) is 3. The second-order valence-electron chi connectivity index (χ2n) is 8.87. The van der Waals surface area contributed by atoms with E-state index in [0.29, 0.717) is 10.9 Å². The molecule has 1 unspecified atom stereocenters. The number of rotatable bonds is 2. The summed E-state index contributed by atoms with van der Waals surface area (Å²) < 4.78 is 4.97. The maximum atomic E-state index is 13.7. The fourth-order valence-corrected chi connectivity index (χ4v) is 5.10. The maximum absolute atomic E-state index is 13.7. The van der Waals surface area contributed by atoms with Crippen LogP contribution in [0.5, 0.6) is 0 Å². The van der Waals surface area contributed by atoms with E-state index in [9.17, 15) is 9.59 Å². The van der Waals surface area contributed by atoms with Gasteiger partial charge in [-0.3, -0.25) is 13.9 Å². The van der Waals surface area contributed by atoms with E-state index in [0.717, 1.165) is 39.5 Å². The fraction of sp³-hybridized carbons (Fsp3) is 0.143. The van der Waals surface area contributed by atoms with Gasteiger partial charge in [-0.2, -0.15) is 0 Å². The Morgan fingerprint density at radius 1 is 0.794 bits per heavy atom. The van der Waals surface area contributed by atoms with Crippen LogP contribution in [-0.4, -0.2) is 13.7 Å². The quantitative estimate of drug-likeness (QED) is 0.432. The van der Waals surface area contributed by atoms with E-state index in [1.165, 1.54) is 4.57 Å². The number of aryl methyl sites for hydroxylation is 2. The lowest BCUT2D eigenvalue weighted by molar-refractivity contribution is 0.708. The van der Waals surface area contributed by atoms with Gasteiger partial charge in [0.2, 0.25) is 0 Å².